The minimum atomic E-state index is 0.118. The van der Waals surface area contributed by atoms with Crippen LogP contribution in [-0.2, 0) is 6.42 Å². The lowest BCUT2D eigenvalue weighted by Crippen LogP contribution is -2.38. The molecule has 0 radical (unpaired) electrons. The molecule has 0 bridgehead atoms. The Labute approximate surface area is 166 Å². The molecule has 1 fully saturated rings. The second kappa shape index (κ2) is 13.8. The summed E-state index contributed by atoms with van der Waals surface area (Å²) in [7, 11) is 0. The van der Waals surface area contributed by atoms with E-state index < -0.39 is 0 Å². The molecule has 0 aliphatic carbocycles. The molecule has 2 heterocycles. The molecule has 1 N–H and O–H groups in total. The van der Waals surface area contributed by atoms with E-state index in [9.17, 15) is 5.11 Å². The van der Waals surface area contributed by atoms with Gasteiger partial charge < -0.3 is 10.0 Å². The van der Waals surface area contributed by atoms with Crippen LogP contribution in [0.15, 0.2) is 6.07 Å². The second-order valence-corrected chi connectivity index (χ2v) is 8.20. The Kier molecular flexibility index (Phi) is 11.2. The van der Waals surface area contributed by atoms with Gasteiger partial charge in [-0.05, 0) is 19.3 Å². The summed E-state index contributed by atoms with van der Waals surface area (Å²) in [6, 6.07) is 1.73. The summed E-state index contributed by atoms with van der Waals surface area (Å²) < 4.78 is 0. The van der Waals surface area contributed by atoms with Gasteiger partial charge in [-0.2, -0.15) is 4.98 Å². The fourth-order valence-electron chi connectivity index (χ4n) is 3.76. The van der Waals surface area contributed by atoms with Gasteiger partial charge in [0.2, 0.25) is 11.8 Å². The molecule has 1 aromatic rings. The predicted molar refractivity (Wildman–Crippen MR) is 115 cm³/mol. The highest BCUT2D eigenvalue weighted by molar-refractivity contribution is 5.36. The van der Waals surface area contributed by atoms with Gasteiger partial charge in [0.15, 0.2) is 0 Å². The number of anilines is 1. The smallest absolute Gasteiger partial charge is 0.228 e. The summed E-state index contributed by atoms with van der Waals surface area (Å²) >= 11 is 0. The first-order valence-corrected chi connectivity index (χ1v) is 11.6. The van der Waals surface area contributed by atoms with Gasteiger partial charge in [-0.15, -0.1) is 0 Å². The van der Waals surface area contributed by atoms with Crippen molar-refractivity contribution in [3.05, 3.63) is 11.8 Å². The van der Waals surface area contributed by atoms with E-state index >= 15 is 0 Å². The van der Waals surface area contributed by atoms with Crippen LogP contribution in [0.5, 0.6) is 5.88 Å². The third-order valence-electron chi connectivity index (χ3n) is 5.68. The van der Waals surface area contributed by atoms with Crippen molar-refractivity contribution >= 4 is 5.95 Å². The first-order chi connectivity index (χ1) is 13.3. The molecule has 1 saturated heterocycles. The van der Waals surface area contributed by atoms with Crippen molar-refractivity contribution in [1.82, 2.24) is 9.97 Å². The maximum atomic E-state index is 9.80. The maximum absolute atomic E-state index is 9.80. The van der Waals surface area contributed by atoms with E-state index in [2.05, 4.69) is 21.8 Å². The summed E-state index contributed by atoms with van der Waals surface area (Å²) in [6.07, 6.45) is 21.5. The number of aromatic nitrogens is 2. The number of hydrogen-bond donors (Lipinski definition) is 1. The monoisotopic (exact) mass is 375 g/mol. The molecule has 0 unspecified atom stereocenters. The molecular weight excluding hydrogens is 334 g/mol. The van der Waals surface area contributed by atoms with Crippen LogP contribution in [0.25, 0.3) is 0 Å². The number of rotatable bonds is 16. The highest BCUT2D eigenvalue weighted by Gasteiger charge is 2.18. The molecule has 154 valence electrons. The topological polar surface area (TPSA) is 49.3 Å². The Morgan fingerprint density at radius 1 is 0.778 bits per heavy atom. The van der Waals surface area contributed by atoms with Crippen molar-refractivity contribution in [2.45, 2.75) is 110 Å². The first-order valence-electron chi connectivity index (χ1n) is 11.6. The third-order valence-corrected chi connectivity index (χ3v) is 5.68. The number of unbranched alkanes of at least 4 members (excludes halogenated alkanes) is 13. The zero-order valence-electron chi connectivity index (χ0n) is 17.6. The molecule has 4 heteroatoms. The van der Waals surface area contributed by atoms with Gasteiger partial charge in [0.25, 0.3) is 0 Å². The lowest BCUT2D eigenvalue weighted by molar-refractivity contribution is 0.447. The molecule has 1 aliphatic rings. The van der Waals surface area contributed by atoms with Gasteiger partial charge >= 0.3 is 0 Å². The van der Waals surface area contributed by atoms with Crippen molar-refractivity contribution in [1.29, 1.82) is 0 Å². The van der Waals surface area contributed by atoms with E-state index in [0.717, 1.165) is 31.6 Å². The van der Waals surface area contributed by atoms with Gasteiger partial charge in [0.1, 0.15) is 0 Å². The average molecular weight is 376 g/mol. The summed E-state index contributed by atoms with van der Waals surface area (Å²) in [4.78, 5) is 10.9. The van der Waals surface area contributed by atoms with Gasteiger partial charge in [0, 0.05) is 24.8 Å². The minimum absolute atomic E-state index is 0.118. The summed E-state index contributed by atoms with van der Waals surface area (Å²) in [5.41, 5.74) is 0.989. The predicted octanol–water partition coefficient (Wildman–Crippen LogP) is 6.42. The fraction of sp³-hybridized carbons (Fsp3) is 0.826. The van der Waals surface area contributed by atoms with Crippen molar-refractivity contribution in [3.63, 3.8) is 0 Å². The second-order valence-electron chi connectivity index (χ2n) is 8.20. The van der Waals surface area contributed by atoms with Crippen LogP contribution in [0.3, 0.4) is 0 Å². The summed E-state index contributed by atoms with van der Waals surface area (Å²) in [5.74, 6) is 0.828. The van der Waals surface area contributed by atoms with Crippen molar-refractivity contribution in [2.24, 2.45) is 0 Å². The average Bonchev–Trinajstić information content (AvgIpc) is 2.60. The Morgan fingerprint density at radius 3 is 1.78 bits per heavy atom. The molecule has 0 amide bonds. The van der Waals surface area contributed by atoms with Crippen LogP contribution in [0, 0.1) is 0 Å². The zero-order valence-corrected chi connectivity index (χ0v) is 17.6. The van der Waals surface area contributed by atoms with E-state index in [0.29, 0.717) is 5.95 Å². The number of hydrogen-bond acceptors (Lipinski definition) is 4. The van der Waals surface area contributed by atoms with E-state index in [4.69, 9.17) is 0 Å². The molecular formula is C23H41N3O. The number of nitrogens with zero attached hydrogens (tertiary/aromatic N) is 3. The van der Waals surface area contributed by atoms with E-state index in [1.807, 2.05) is 0 Å². The van der Waals surface area contributed by atoms with Crippen LogP contribution in [0.4, 0.5) is 5.95 Å². The van der Waals surface area contributed by atoms with Crippen LogP contribution in [0.2, 0.25) is 0 Å². The molecule has 4 nitrogen and oxygen atoms in total. The first kappa shape index (κ1) is 22.0. The lowest BCUT2D eigenvalue weighted by atomic mass is 10.0. The Morgan fingerprint density at radius 2 is 1.30 bits per heavy atom. The zero-order chi connectivity index (χ0) is 19.2. The SMILES string of the molecule is CCCCCCCCCCCCCCCCc1cc(O)nc(N2CCC2)n1. The normalized spacial score (nSPS) is 13.7. The highest BCUT2D eigenvalue weighted by Crippen LogP contribution is 2.20. The van der Waals surface area contributed by atoms with Crippen LogP contribution in [0.1, 0.15) is 109 Å². The fourth-order valence-corrected chi connectivity index (χ4v) is 3.76. The molecule has 0 saturated carbocycles. The van der Waals surface area contributed by atoms with Crippen molar-refractivity contribution in [3.8, 4) is 5.88 Å². The third kappa shape index (κ3) is 9.44. The lowest BCUT2D eigenvalue weighted by Gasteiger charge is -2.30. The molecule has 1 aliphatic heterocycles. The molecule has 1 aromatic heterocycles. The van der Waals surface area contributed by atoms with Gasteiger partial charge in [-0.3, -0.25) is 0 Å². The molecule has 2 rings (SSSR count). The highest BCUT2D eigenvalue weighted by atomic mass is 16.3. The van der Waals surface area contributed by atoms with E-state index in [1.165, 1.54) is 89.9 Å². The summed E-state index contributed by atoms with van der Waals surface area (Å²) in [6.45, 7) is 4.31. The van der Waals surface area contributed by atoms with Crippen LogP contribution in [-0.4, -0.2) is 28.2 Å². The maximum Gasteiger partial charge on any atom is 0.228 e. The standard InChI is InChI=1S/C23H41N3O/c1-2-3-4-5-6-7-8-9-10-11-12-13-14-15-17-21-20-22(27)25-23(24-21)26-18-16-19-26/h20H,2-19H2,1H3,(H,24,25,27). The molecule has 0 spiro atoms. The Balaban J connectivity index is 1.41. The largest absolute Gasteiger partial charge is 0.493 e. The summed E-state index contributed by atoms with van der Waals surface area (Å²) in [5, 5.41) is 9.80. The van der Waals surface area contributed by atoms with E-state index in [1.54, 1.807) is 6.07 Å². The van der Waals surface area contributed by atoms with Crippen LogP contribution < -0.4 is 4.90 Å². The Hall–Kier alpha value is -1.32. The Bertz CT molecular complexity index is 502. The van der Waals surface area contributed by atoms with Crippen molar-refractivity contribution < 1.29 is 5.11 Å². The van der Waals surface area contributed by atoms with E-state index in [-0.39, 0.29) is 5.88 Å². The quantitative estimate of drug-likeness (QED) is 0.339. The molecule has 0 aromatic carbocycles. The molecule has 0 atom stereocenters. The van der Waals surface area contributed by atoms with Gasteiger partial charge in [-0.1, -0.05) is 90.4 Å². The number of aromatic hydroxyl groups is 1. The van der Waals surface area contributed by atoms with Gasteiger partial charge in [-0.25, -0.2) is 4.98 Å². The number of aryl methyl sites for hydroxylation is 1. The molecule has 27 heavy (non-hydrogen) atoms. The van der Waals surface area contributed by atoms with Crippen LogP contribution >= 0.6 is 0 Å². The van der Waals surface area contributed by atoms with Gasteiger partial charge in [0.05, 0.1) is 0 Å². The minimum Gasteiger partial charge on any atom is -0.493 e. The van der Waals surface area contributed by atoms with Crippen molar-refractivity contribution in [2.75, 3.05) is 18.0 Å².